The van der Waals surface area contributed by atoms with Crippen molar-refractivity contribution in [3.05, 3.63) is 18.1 Å². The van der Waals surface area contributed by atoms with Crippen LogP contribution in [0.4, 0.5) is 0 Å². The van der Waals surface area contributed by atoms with Crippen LogP contribution in [-0.2, 0) is 10.2 Å². The summed E-state index contributed by atoms with van der Waals surface area (Å²) in [6, 6.07) is 0. The molecule has 1 aromatic rings. The molecule has 1 fully saturated rings. The Balaban J connectivity index is 1.70. The summed E-state index contributed by atoms with van der Waals surface area (Å²) in [5.74, 6) is 1.18. The fourth-order valence-electron chi connectivity index (χ4n) is 2.71. The Kier molecular flexibility index (Phi) is 6.21. The predicted molar refractivity (Wildman–Crippen MR) is 96.5 cm³/mol. The Labute approximate surface area is 146 Å². The van der Waals surface area contributed by atoms with Crippen LogP contribution in [0.15, 0.2) is 12.4 Å². The fraction of sp³-hybridized carbons (Fsp3) is 0.789. The minimum atomic E-state index is -0.0554. The highest BCUT2D eigenvalue weighted by Crippen LogP contribution is 2.21. The second kappa shape index (κ2) is 7.79. The zero-order valence-corrected chi connectivity index (χ0v) is 16.1. The van der Waals surface area contributed by atoms with Gasteiger partial charge < -0.3 is 14.4 Å². The monoisotopic (exact) mass is 335 g/mol. The molecular weight excluding hydrogens is 302 g/mol. The molecule has 24 heavy (non-hydrogen) atoms. The number of hydrogen-bond acceptors (Lipinski definition) is 5. The molecule has 0 spiro atoms. The molecule has 0 N–H and O–H groups in total. The van der Waals surface area contributed by atoms with Crippen LogP contribution in [-0.4, -0.2) is 53.3 Å². The molecule has 0 aromatic carbocycles. The molecule has 1 saturated heterocycles. The zero-order chi connectivity index (χ0) is 17.8. The Morgan fingerprint density at radius 2 is 1.88 bits per heavy atom. The quantitative estimate of drug-likeness (QED) is 0.798. The number of nitrogens with zero attached hydrogens (tertiary/aromatic N) is 3. The van der Waals surface area contributed by atoms with Crippen molar-refractivity contribution in [2.75, 3.05) is 32.8 Å². The third kappa shape index (κ3) is 6.36. The van der Waals surface area contributed by atoms with E-state index in [-0.39, 0.29) is 11.0 Å². The lowest BCUT2D eigenvalue weighted by atomic mass is 9.93. The summed E-state index contributed by atoms with van der Waals surface area (Å²) in [4.78, 5) is 11.3. The first-order chi connectivity index (χ1) is 11.1. The molecule has 0 saturated carbocycles. The molecule has 1 aromatic heterocycles. The lowest BCUT2D eigenvalue weighted by molar-refractivity contribution is -0.0114. The van der Waals surface area contributed by atoms with E-state index in [0.29, 0.717) is 18.4 Å². The van der Waals surface area contributed by atoms with Crippen molar-refractivity contribution in [3.8, 4) is 5.88 Å². The highest BCUT2D eigenvalue weighted by molar-refractivity contribution is 5.13. The largest absolute Gasteiger partial charge is 0.476 e. The average molecular weight is 335 g/mol. The minimum absolute atomic E-state index is 0.0204. The molecular formula is C19H33N3O2. The Hall–Kier alpha value is -1.20. The summed E-state index contributed by atoms with van der Waals surface area (Å²) >= 11 is 0. The van der Waals surface area contributed by atoms with E-state index >= 15 is 0 Å². The van der Waals surface area contributed by atoms with Crippen molar-refractivity contribution in [2.45, 2.75) is 59.0 Å². The number of ether oxygens (including phenoxy) is 2. The Morgan fingerprint density at radius 1 is 1.12 bits per heavy atom. The van der Waals surface area contributed by atoms with Gasteiger partial charge in [-0.2, -0.15) is 0 Å². The van der Waals surface area contributed by atoms with Crippen molar-refractivity contribution in [1.29, 1.82) is 0 Å². The first-order valence-corrected chi connectivity index (χ1v) is 8.95. The van der Waals surface area contributed by atoms with Crippen LogP contribution in [0.3, 0.4) is 0 Å². The first-order valence-electron chi connectivity index (χ1n) is 8.95. The van der Waals surface area contributed by atoms with Gasteiger partial charge in [0.2, 0.25) is 5.88 Å². The van der Waals surface area contributed by atoms with Gasteiger partial charge >= 0.3 is 0 Å². The first kappa shape index (κ1) is 19.1. The van der Waals surface area contributed by atoms with Crippen LogP contribution in [0, 0.1) is 5.92 Å². The number of aromatic nitrogens is 2. The van der Waals surface area contributed by atoms with E-state index in [2.05, 4.69) is 56.4 Å². The molecule has 136 valence electrons. The van der Waals surface area contributed by atoms with Crippen LogP contribution in [0.2, 0.25) is 0 Å². The fourth-order valence-corrected chi connectivity index (χ4v) is 2.71. The highest BCUT2D eigenvalue weighted by atomic mass is 16.5. The summed E-state index contributed by atoms with van der Waals surface area (Å²) < 4.78 is 11.6. The lowest BCUT2D eigenvalue weighted by Crippen LogP contribution is -2.30. The van der Waals surface area contributed by atoms with Crippen molar-refractivity contribution in [3.63, 3.8) is 0 Å². The molecule has 5 heteroatoms. The maximum absolute atomic E-state index is 5.83. The van der Waals surface area contributed by atoms with E-state index in [1.807, 2.05) is 6.20 Å². The van der Waals surface area contributed by atoms with Gasteiger partial charge in [0.15, 0.2) is 0 Å². The maximum atomic E-state index is 5.83. The standard InChI is InChI=1S/C19H33N3O2/c1-18(2,3)16-11-21-17(12-20-16)23-14-15-7-8-22(13-15)9-10-24-19(4,5)6/h11-12,15H,7-10,13-14H2,1-6H3/t15-/m0/s1. The minimum Gasteiger partial charge on any atom is -0.476 e. The maximum Gasteiger partial charge on any atom is 0.232 e. The molecule has 2 heterocycles. The second-order valence-corrected chi connectivity index (χ2v) is 8.72. The van der Waals surface area contributed by atoms with Crippen molar-refractivity contribution < 1.29 is 9.47 Å². The smallest absolute Gasteiger partial charge is 0.232 e. The number of hydrogen-bond donors (Lipinski definition) is 0. The van der Waals surface area contributed by atoms with Gasteiger partial charge in [-0.3, -0.25) is 4.98 Å². The molecule has 0 amide bonds. The Bertz CT molecular complexity index is 503. The predicted octanol–water partition coefficient (Wildman–Crippen LogP) is 3.29. The molecule has 0 bridgehead atoms. The summed E-state index contributed by atoms with van der Waals surface area (Å²) in [6.45, 7) is 17.4. The number of likely N-dealkylation sites (tertiary alicyclic amines) is 1. The van der Waals surface area contributed by atoms with Crippen molar-refractivity contribution >= 4 is 0 Å². The summed E-state index contributed by atoms with van der Waals surface area (Å²) in [5.41, 5.74) is 0.952. The topological polar surface area (TPSA) is 47.5 Å². The normalized spacial score (nSPS) is 19.7. The molecule has 0 aliphatic carbocycles. The SMILES string of the molecule is CC(C)(C)OCCN1CC[C@H](COc2cnc(C(C)(C)C)cn2)C1. The third-order valence-corrected chi connectivity index (χ3v) is 4.18. The van der Waals surface area contributed by atoms with Crippen LogP contribution in [0.25, 0.3) is 0 Å². The van der Waals surface area contributed by atoms with E-state index in [1.165, 1.54) is 6.42 Å². The lowest BCUT2D eigenvalue weighted by Gasteiger charge is -2.22. The van der Waals surface area contributed by atoms with E-state index < -0.39 is 0 Å². The van der Waals surface area contributed by atoms with Gasteiger partial charge in [-0.15, -0.1) is 0 Å². The van der Waals surface area contributed by atoms with Gasteiger partial charge in [0.25, 0.3) is 0 Å². The van der Waals surface area contributed by atoms with Gasteiger partial charge in [0, 0.05) is 24.4 Å². The molecule has 5 nitrogen and oxygen atoms in total. The van der Waals surface area contributed by atoms with E-state index in [1.54, 1.807) is 6.20 Å². The summed E-state index contributed by atoms with van der Waals surface area (Å²) in [7, 11) is 0. The summed E-state index contributed by atoms with van der Waals surface area (Å²) in [5, 5.41) is 0. The van der Waals surface area contributed by atoms with Gasteiger partial charge in [-0.1, -0.05) is 20.8 Å². The van der Waals surface area contributed by atoms with Gasteiger partial charge in [0.05, 0.1) is 36.9 Å². The van der Waals surface area contributed by atoms with Crippen molar-refractivity contribution in [2.24, 2.45) is 5.92 Å². The molecule has 1 aliphatic heterocycles. The van der Waals surface area contributed by atoms with Gasteiger partial charge in [-0.25, -0.2) is 4.98 Å². The molecule has 1 atom stereocenters. The van der Waals surface area contributed by atoms with Crippen LogP contribution < -0.4 is 4.74 Å². The molecule has 0 radical (unpaired) electrons. The van der Waals surface area contributed by atoms with Crippen LogP contribution in [0.5, 0.6) is 5.88 Å². The van der Waals surface area contributed by atoms with Gasteiger partial charge in [-0.05, 0) is 33.7 Å². The highest BCUT2D eigenvalue weighted by Gasteiger charge is 2.23. The van der Waals surface area contributed by atoms with Gasteiger partial charge in [0.1, 0.15) is 0 Å². The Morgan fingerprint density at radius 3 is 2.46 bits per heavy atom. The zero-order valence-electron chi connectivity index (χ0n) is 16.1. The second-order valence-electron chi connectivity index (χ2n) is 8.72. The third-order valence-electron chi connectivity index (χ3n) is 4.18. The van der Waals surface area contributed by atoms with E-state index in [0.717, 1.165) is 31.9 Å². The van der Waals surface area contributed by atoms with Crippen molar-refractivity contribution in [1.82, 2.24) is 14.9 Å². The summed E-state index contributed by atoms with van der Waals surface area (Å²) in [6.07, 6.45) is 4.73. The molecule has 1 aliphatic rings. The van der Waals surface area contributed by atoms with E-state index in [4.69, 9.17) is 9.47 Å². The van der Waals surface area contributed by atoms with Crippen LogP contribution in [0.1, 0.15) is 53.7 Å². The molecule has 0 unspecified atom stereocenters. The van der Waals surface area contributed by atoms with Crippen LogP contribution >= 0.6 is 0 Å². The molecule has 2 rings (SSSR count). The van der Waals surface area contributed by atoms with E-state index in [9.17, 15) is 0 Å². The number of rotatable bonds is 6. The average Bonchev–Trinajstić information content (AvgIpc) is 2.91.